The molecule has 0 spiro atoms. The number of fused-ring (bicyclic) bond motifs is 5. The SMILES string of the molecule is NCNCC1CN[C@@H]2c3cc(F)ccc3Cc3ccccc3[C@@H]12. The Labute approximate surface area is 136 Å². The molecule has 1 heterocycles. The van der Waals surface area contributed by atoms with Crippen LogP contribution in [-0.2, 0) is 6.42 Å². The third kappa shape index (κ3) is 2.57. The molecule has 1 saturated heterocycles. The van der Waals surface area contributed by atoms with E-state index in [1.165, 1.54) is 16.7 Å². The van der Waals surface area contributed by atoms with Crippen LogP contribution in [-0.4, -0.2) is 19.8 Å². The second-order valence-corrected chi connectivity index (χ2v) is 6.55. The van der Waals surface area contributed by atoms with Gasteiger partial charge in [-0.2, -0.15) is 0 Å². The Morgan fingerprint density at radius 1 is 1.13 bits per heavy atom. The van der Waals surface area contributed by atoms with E-state index in [-0.39, 0.29) is 11.9 Å². The van der Waals surface area contributed by atoms with Gasteiger partial charge in [-0.1, -0.05) is 30.3 Å². The van der Waals surface area contributed by atoms with Crippen LogP contribution in [0.5, 0.6) is 0 Å². The van der Waals surface area contributed by atoms with E-state index in [4.69, 9.17) is 5.73 Å². The van der Waals surface area contributed by atoms with Crippen LogP contribution in [0.2, 0.25) is 0 Å². The smallest absolute Gasteiger partial charge is 0.123 e. The van der Waals surface area contributed by atoms with Crippen LogP contribution in [0.4, 0.5) is 4.39 Å². The molecule has 120 valence electrons. The predicted octanol–water partition coefficient (Wildman–Crippen LogP) is 2.28. The van der Waals surface area contributed by atoms with Crippen molar-refractivity contribution in [2.24, 2.45) is 11.7 Å². The molecule has 2 aromatic carbocycles. The average molecular weight is 311 g/mol. The van der Waals surface area contributed by atoms with Crippen LogP contribution < -0.4 is 16.4 Å². The Morgan fingerprint density at radius 3 is 2.83 bits per heavy atom. The van der Waals surface area contributed by atoms with Crippen molar-refractivity contribution < 1.29 is 4.39 Å². The molecule has 1 fully saturated rings. The first kappa shape index (κ1) is 14.8. The van der Waals surface area contributed by atoms with Gasteiger partial charge in [0.05, 0.1) is 0 Å². The molecule has 23 heavy (non-hydrogen) atoms. The van der Waals surface area contributed by atoms with Gasteiger partial charge in [0.15, 0.2) is 0 Å². The lowest BCUT2D eigenvalue weighted by Gasteiger charge is -2.25. The minimum Gasteiger partial charge on any atom is -0.318 e. The van der Waals surface area contributed by atoms with E-state index in [9.17, 15) is 4.39 Å². The molecule has 4 heteroatoms. The second kappa shape index (κ2) is 6.04. The van der Waals surface area contributed by atoms with Crippen molar-refractivity contribution in [3.63, 3.8) is 0 Å². The summed E-state index contributed by atoms with van der Waals surface area (Å²) in [4.78, 5) is 0. The Kier molecular flexibility index (Phi) is 3.89. The van der Waals surface area contributed by atoms with Crippen molar-refractivity contribution in [2.75, 3.05) is 19.8 Å². The van der Waals surface area contributed by atoms with Gasteiger partial charge in [0, 0.05) is 31.7 Å². The zero-order valence-electron chi connectivity index (χ0n) is 13.1. The molecule has 1 aliphatic carbocycles. The summed E-state index contributed by atoms with van der Waals surface area (Å²) in [5, 5.41) is 6.91. The Bertz CT molecular complexity index is 716. The summed E-state index contributed by atoms with van der Waals surface area (Å²) in [6, 6.07) is 14.0. The van der Waals surface area contributed by atoms with Crippen molar-refractivity contribution in [3.8, 4) is 0 Å². The minimum atomic E-state index is -0.154. The first-order valence-electron chi connectivity index (χ1n) is 8.28. The molecule has 0 radical (unpaired) electrons. The second-order valence-electron chi connectivity index (χ2n) is 6.55. The van der Waals surface area contributed by atoms with Crippen LogP contribution in [0, 0.1) is 11.7 Å². The normalized spacial score (nSPS) is 25.4. The molecule has 0 bridgehead atoms. The zero-order valence-corrected chi connectivity index (χ0v) is 13.1. The van der Waals surface area contributed by atoms with Crippen molar-refractivity contribution in [3.05, 3.63) is 70.5 Å². The lowest BCUT2D eigenvalue weighted by atomic mass is 9.81. The lowest BCUT2D eigenvalue weighted by Crippen LogP contribution is -2.31. The standard InChI is InChI=1S/C19H22FN3/c20-15-6-5-13-7-12-3-1-2-4-16(12)18-14(9-22-11-21)10-23-19(18)17(13)8-15/h1-6,8,14,18-19,22-23H,7,9-11,21H2/t14?,18-,19-/m1/s1. The number of hydrogen-bond acceptors (Lipinski definition) is 3. The molecular weight excluding hydrogens is 289 g/mol. The van der Waals surface area contributed by atoms with E-state index in [0.29, 0.717) is 18.5 Å². The van der Waals surface area contributed by atoms with Crippen molar-refractivity contribution in [1.29, 1.82) is 0 Å². The van der Waals surface area contributed by atoms with Crippen LogP contribution in [0.1, 0.15) is 34.2 Å². The quantitative estimate of drug-likeness (QED) is 0.762. The fourth-order valence-electron chi connectivity index (χ4n) is 4.25. The summed E-state index contributed by atoms with van der Waals surface area (Å²) < 4.78 is 13.9. The molecule has 4 rings (SSSR count). The van der Waals surface area contributed by atoms with Crippen LogP contribution in [0.25, 0.3) is 0 Å². The maximum Gasteiger partial charge on any atom is 0.123 e. The van der Waals surface area contributed by atoms with Gasteiger partial charge in [0.1, 0.15) is 5.82 Å². The predicted molar refractivity (Wildman–Crippen MR) is 89.7 cm³/mol. The molecule has 0 saturated carbocycles. The van der Waals surface area contributed by atoms with Crippen molar-refractivity contribution in [2.45, 2.75) is 18.4 Å². The average Bonchev–Trinajstić information content (AvgIpc) is 2.92. The van der Waals surface area contributed by atoms with E-state index >= 15 is 0 Å². The molecule has 1 aliphatic heterocycles. The third-order valence-corrected chi connectivity index (χ3v) is 5.26. The van der Waals surface area contributed by atoms with Gasteiger partial charge >= 0.3 is 0 Å². The van der Waals surface area contributed by atoms with Gasteiger partial charge < -0.3 is 16.4 Å². The Hall–Kier alpha value is -1.75. The lowest BCUT2D eigenvalue weighted by molar-refractivity contribution is 0.447. The molecule has 2 aromatic rings. The first-order chi connectivity index (χ1) is 11.3. The maximum absolute atomic E-state index is 13.9. The van der Waals surface area contributed by atoms with Crippen LogP contribution in [0.3, 0.4) is 0 Å². The third-order valence-electron chi connectivity index (χ3n) is 5.26. The monoisotopic (exact) mass is 311 g/mol. The number of rotatable bonds is 3. The fourth-order valence-corrected chi connectivity index (χ4v) is 4.25. The van der Waals surface area contributed by atoms with Crippen LogP contribution >= 0.6 is 0 Å². The molecule has 1 unspecified atom stereocenters. The Balaban J connectivity index is 1.82. The van der Waals surface area contributed by atoms with E-state index in [2.05, 4.69) is 34.9 Å². The summed E-state index contributed by atoms with van der Waals surface area (Å²) in [5.74, 6) is 0.658. The summed E-state index contributed by atoms with van der Waals surface area (Å²) in [6.07, 6.45) is 0.873. The van der Waals surface area contributed by atoms with E-state index in [1.54, 1.807) is 12.1 Å². The largest absolute Gasteiger partial charge is 0.318 e. The fraction of sp³-hybridized carbons (Fsp3) is 0.368. The molecule has 4 N–H and O–H groups in total. The molecule has 3 nitrogen and oxygen atoms in total. The number of nitrogens with one attached hydrogen (secondary N) is 2. The van der Waals surface area contributed by atoms with Gasteiger partial charge in [0.25, 0.3) is 0 Å². The number of hydrogen-bond donors (Lipinski definition) is 3. The minimum absolute atomic E-state index is 0.154. The molecular formula is C19H22FN3. The summed E-state index contributed by atoms with van der Waals surface area (Å²) in [7, 11) is 0. The van der Waals surface area contributed by atoms with Crippen molar-refractivity contribution >= 4 is 0 Å². The highest BCUT2D eigenvalue weighted by molar-refractivity contribution is 5.46. The van der Waals surface area contributed by atoms with E-state index < -0.39 is 0 Å². The van der Waals surface area contributed by atoms with Gasteiger partial charge in [-0.15, -0.1) is 0 Å². The van der Waals surface area contributed by atoms with E-state index in [0.717, 1.165) is 25.1 Å². The van der Waals surface area contributed by atoms with Gasteiger partial charge in [-0.25, -0.2) is 4.39 Å². The Morgan fingerprint density at radius 2 is 1.96 bits per heavy atom. The highest BCUT2D eigenvalue weighted by Gasteiger charge is 2.40. The molecule has 2 aliphatic rings. The van der Waals surface area contributed by atoms with Crippen molar-refractivity contribution in [1.82, 2.24) is 10.6 Å². The highest BCUT2D eigenvalue weighted by atomic mass is 19.1. The number of nitrogens with two attached hydrogens (primary N) is 1. The van der Waals surface area contributed by atoms with Gasteiger partial charge in [0.2, 0.25) is 0 Å². The highest BCUT2D eigenvalue weighted by Crippen LogP contribution is 2.46. The zero-order chi connectivity index (χ0) is 15.8. The maximum atomic E-state index is 13.9. The van der Waals surface area contributed by atoms with Crippen LogP contribution in [0.15, 0.2) is 42.5 Å². The van der Waals surface area contributed by atoms with E-state index in [1.807, 2.05) is 6.07 Å². The first-order valence-corrected chi connectivity index (χ1v) is 8.28. The summed E-state index contributed by atoms with van der Waals surface area (Å²) >= 11 is 0. The topological polar surface area (TPSA) is 50.1 Å². The number of benzene rings is 2. The van der Waals surface area contributed by atoms with Gasteiger partial charge in [-0.05, 0) is 46.7 Å². The number of halogens is 1. The molecule has 0 amide bonds. The molecule has 3 atom stereocenters. The molecule has 0 aromatic heterocycles. The summed E-state index contributed by atoms with van der Waals surface area (Å²) in [6.45, 7) is 2.29. The summed E-state index contributed by atoms with van der Waals surface area (Å²) in [5.41, 5.74) is 10.7. The van der Waals surface area contributed by atoms with Gasteiger partial charge in [-0.3, -0.25) is 0 Å².